The van der Waals surface area contributed by atoms with E-state index in [0.717, 1.165) is 46.0 Å². The SMILES string of the molecule is C1=CC2c3ccccc3C3(c4ccccc4Oc4ccc(-c5cc(-c6cc7c8c(cccc8c6)CC=C7)nc(-c6ccccc6)n5)cc43)C2C=C1. The molecule has 0 N–H and O–H groups in total. The van der Waals surface area contributed by atoms with Crippen LogP contribution < -0.4 is 4.74 Å². The van der Waals surface area contributed by atoms with E-state index in [0.29, 0.717) is 5.82 Å². The normalized spacial score (nSPS) is 20.1. The summed E-state index contributed by atoms with van der Waals surface area (Å²) >= 11 is 0. The van der Waals surface area contributed by atoms with Crippen molar-refractivity contribution in [2.45, 2.75) is 17.8 Å². The van der Waals surface area contributed by atoms with Crippen LogP contribution in [0.25, 0.3) is 50.8 Å². The first kappa shape index (κ1) is 28.5. The molecule has 1 aromatic heterocycles. The number of ether oxygens (including phenoxy) is 1. The Labute approximate surface area is 297 Å². The molecule has 0 fully saturated rings. The molecule has 240 valence electrons. The van der Waals surface area contributed by atoms with E-state index in [1.54, 1.807) is 0 Å². The Morgan fingerprint density at radius 3 is 2.29 bits per heavy atom. The number of hydrogen-bond donors (Lipinski definition) is 0. The summed E-state index contributed by atoms with van der Waals surface area (Å²) < 4.78 is 6.74. The number of aromatic nitrogens is 2. The van der Waals surface area contributed by atoms with E-state index in [9.17, 15) is 0 Å². The van der Waals surface area contributed by atoms with Crippen LogP contribution in [0.1, 0.15) is 39.3 Å². The third kappa shape index (κ3) is 4.12. The Kier molecular flexibility index (Phi) is 6.06. The molecule has 2 heterocycles. The third-order valence-corrected chi connectivity index (χ3v) is 11.4. The van der Waals surface area contributed by atoms with Gasteiger partial charge in [0.05, 0.1) is 16.8 Å². The van der Waals surface area contributed by atoms with Crippen LogP contribution in [0.4, 0.5) is 0 Å². The van der Waals surface area contributed by atoms with E-state index in [-0.39, 0.29) is 11.8 Å². The van der Waals surface area contributed by atoms with Gasteiger partial charge in [0.25, 0.3) is 0 Å². The standard InChI is InChI=1S/C48H32N2O/c1-2-12-31(13-3-1)47-49-42(29-43(50-47)35-26-33-16-10-14-30-15-11-17-34(27-35)46(30)33)32-24-25-45-41(28-32)48(40-22-8-9-23-44(40)51-45)38-20-6-4-18-36(38)37-19-5-7-21-39(37)48/h1-14,16-29,36,38H,15H2. The molecule has 0 amide bonds. The monoisotopic (exact) mass is 652 g/mol. The molecule has 7 aromatic rings. The minimum Gasteiger partial charge on any atom is -0.457 e. The highest BCUT2D eigenvalue weighted by Crippen LogP contribution is 2.64. The van der Waals surface area contributed by atoms with Crippen LogP contribution in [0.5, 0.6) is 11.5 Å². The molecule has 4 aliphatic rings. The van der Waals surface area contributed by atoms with Gasteiger partial charge in [-0.3, -0.25) is 0 Å². The van der Waals surface area contributed by atoms with Crippen molar-refractivity contribution in [3.8, 4) is 45.4 Å². The summed E-state index contributed by atoms with van der Waals surface area (Å²) in [4.78, 5) is 10.5. The van der Waals surface area contributed by atoms with Gasteiger partial charge < -0.3 is 4.74 Å². The van der Waals surface area contributed by atoms with Gasteiger partial charge in [0.1, 0.15) is 11.5 Å². The Balaban J connectivity index is 1.15. The summed E-state index contributed by atoms with van der Waals surface area (Å²) in [5.41, 5.74) is 12.2. The molecule has 0 saturated heterocycles. The van der Waals surface area contributed by atoms with Crippen molar-refractivity contribution in [1.82, 2.24) is 9.97 Å². The fourth-order valence-electron chi connectivity index (χ4n) is 9.29. The molecule has 3 aliphatic carbocycles. The summed E-state index contributed by atoms with van der Waals surface area (Å²) in [5, 5.41) is 2.57. The third-order valence-electron chi connectivity index (χ3n) is 11.4. The van der Waals surface area contributed by atoms with Crippen molar-refractivity contribution >= 4 is 16.8 Å². The van der Waals surface area contributed by atoms with Crippen LogP contribution in [0.15, 0.2) is 164 Å². The fraction of sp³-hybridized carbons (Fsp3) is 0.0833. The van der Waals surface area contributed by atoms with E-state index in [1.807, 2.05) is 6.07 Å². The summed E-state index contributed by atoms with van der Waals surface area (Å²) in [6, 6.07) is 47.9. The minimum atomic E-state index is -0.425. The van der Waals surface area contributed by atoms with Gasteiger partial charge in [0.2, 0.25) is 0 Å². The predicted octanol–water partition coefficient (Wildman–Crippen LogP) is 11.5. The molecule has 1 spiro atoms. The van der Waals surface area contributed by atoms with Gasteiger partial charge in [-0.05, 0) is 81.9 Å². The topological polar surface area (TPSA) is 35.0 Å². The number of allylic oxidation sites excluding steroid dienone is 5. The Morgan fingerprint density at radius 2 is 1.37 bits per heavy atom. The number of fused-ring (bicyclic) bond motifs is 9. The first-order valence-corrected chi connectivity index (χ1v) is 17.8. The van der Waals surface area contributed by atoms with Crippen LogP contribution in [-0.4, -0.2) is 9.97 Å². The van der Waals surface area contributed by atoms with Crippen molar-refractivity contribution < 1.29 is 4.74 Å². The molecule has 0 radical (unpaired) electrons. The van der Waals surface area contributed by atoms with E-state index in [2.05, 4.69) is 164 Å². The molecule has 6 aromatic carbocycles. The predicted molar refractivity (Wildman–Crippen MR) is 206 cm³/mol. The fourth-order valence-corrected chi connectivity index (χ4v) is 9.29. The van der Waals surface area contributed by atoms with E-state index in [1.165, 1.54) is 44.2 Å². The first-order valence-electron chi connectivity index (χ1n) is 17.8. The molecule has 0 saturated carbocycles. The second kappa shape index (κ2) is 10.8. The van der Waals surface area contributed by atoms with E-state index in [4.69, 9.17) is 14.7 Å². The number of hydrogen-bond acceptors (Lipinski definition) is 3. The van der Waals surface area contributed by atoms with Crippen molar-refractivity contribution in [2.75, 3.05) is 0 Å². The van der Waals surface area contributed by atoms with Crippen molar-refractivity contribution in [2.24, 2.45) is 5.92 Å². The molecule has 51 heavy (non-hydrogen) atoms. The molecule has 3 nitrogen and oxygen atoms in total. The molecular formula is C48H32N2O. The van der Waals surface area contributed by atoms with Crippen LogP contribution in [0.2, 0.25) is 0 Å². The number of rotatable bonds is 3. The van der Waals surface area contributed by atoms with Gasteiger partial charge in [-0.15, -0.1) is 0 Å². The lowest BCUT2D eigenvalue weighted by atomic mass is 9.61. The zero-order valence-corrected chi connectivity index (χ0v) is 27.8. The average molecular weight is 653 g/mol. The maximum atomic E-state index is 6.74. The summed E-state index contributed by atoms with van der Waals surface area (Å²) in [6.45, 7) is 0. The number of nitrogens with zero attached hydrogens (tertiary/aromatic N) is 2. The largest absolute Gasteiger partial charge is 0.457 e. The number of benzene rings is 6. The minimum absolute atomic E-state index is 0.201. The molecule has 1 aliphatic heterocycles. The molecule has 3 atom stereocenters. The zero-order chi connectivity index (χ0) is 33.5. The quantitative estimate of drug-likeness (QED) is 0.191. The van der Waals surface area contributed by atoms with Gasteiger partial charge in [0.15, 0.2) is 5.82 Å². The van der Waals surface area contributed by atoms with Gasteiger partial charge in [-0.25, -0.2) is 9.97 Å². The van der Waals surface area contributed by atoms with E-state index >= 15 is 0 Å². The smallest absolute Gasteiger partial charge is 0.160 e. The van der Waals surface area contributed by atoms with Gasteiger partial charge in [-0.1, -0.05) is 127 Å². The zero-order valence-electron chi connectivity index (χ0n) is 27.8. The highest BCUT2D eigenvalue weighted by atomic mass is 16.5. The maximum Gasteiger partial charge on any atom is 0.160 e. The lowest BCUT2D eigenvalue weighted by Crippen LogP contribution is -2.37. The molecule has 11 rings (SSSR count). The van der Waals surface area contributed by atoms with Crippen molar-refractivity contribution in [1.29, 1.82) is 0 Å². The van der Waals surface area contributed by atoms with Gasteiger partial charge in [0, 0.05) is 39.7 Å². The van der Waals surface area contributed by atoms with Crippen LogP contribution >= 0.6 is 0 Å². The van der Waals surface area contributed by atoms with Crippen molar-refractivity contribution in [3.63, 3.8) is 0 Å². The van der Waals surface area contributed by atoms with Crippen LogP contribution in [0, 0.1) is 5.92 Å². The second-order valence-corrected chi connectivity index (χ2v) is 14.0. The average Bonchev–Trinajstić information content (AvgIpc) is 3.49. The van der Waals surface area contributed by atoms with Crippen molar-refractivity contribution in [3.05, 3.63) is 197 Å². The molecular weight excluding hydrogens is 621 g/mol. The van der Waals surface area contributed by atoms with Crippen LogP contribution in [-0.2, 0) is 11.8 Å². The summed E-state index contributed by atoms with van der Waals surface area (Å²) in [6.07, 6.45) is 14.7. The first-order chi connectivity index (χ1) is 25.3. The maximum absolute atomic E-state index is 6.74. The highest BCUT2D eigenvalue weighted by Gasteiger charge is 2.56. The summed E-state index contributed by atoms with van der Waals surface area (Å²) in [7, 11) is 0. The second-order valence-electron chi connectivity index (χ2n) is 14.0. The number of para-hydroxylation sites is 1. The van der Waals surface area contributed by atoms with Gasteiger partial charge in [-0.2, -0.15) is 0 Å². The van der Waals surface area contributed by atoms with Gasteiger partial charge >= 0.3 is 0 Å². The molecule has 0 bridgehead atoms. The summed E-state index contributed by atoms with van der Waals surface area (Å²) in [5.74, 6) is 3.00. The van der Waals surface area contributed by atoms with E-state index < -0.39 is 5.41 Å². The highest BCUT2D eigenvalue weighted by molar-refractivity contribution is 5.98. The Bertz CT molecular complexity index is 2670. The lowest BCUT2D eigenvalue weighted by Gasteiger charge is -2.43. The Morgan fingerprint density at radius 1 is 0.588 bits per heavy atom. The molecule has 3 heteroatoms. The van der Waals surface area contributed by atoms with Crippen LogP contribution in [0.3, 0.4) is 0 Å². The Hall–Kier alpha value is -6.32. The lowest BCUT2D eigenvalue weighted by molar-refractivity contribution is 0.374. The molecule has 3 unspecified atom stereocenters.